The number of aromatic nitrogens is 1. The number of pyridine rings is 1. The molecule has 164 valence electrons. The molecule has 0 unspecified atom stereocenters. The molecule has 2 heterocycles. The van der Waals surface area contributed by atoms with Crippen LogP contribution in [-0.4, -0.2) is 46.1 Å². The molecule has 7 nitrogen and oxygen atoms in total. The number of benzene rings is 1. The van der Waals surface area contributed by atoms with Gasteiger partial charge < -0.3 is 19.9 Å². The van der Waals surface area contributed by atoms with Gasteiger partial charge in [-0.3, -0.25) is 14.4 Å². The van der Waals surface area contributed by atoms with Gasteiger partial charge in [0, 0.05) is 37.8 Å². The van der Waals surface area contributed by atoms with Gasteiger partial charge in [0.2, 0.25) is 5.91 Å². The Kier molecular flexibility index (Phi) is 5.96. The van der Waals surface area contributed by atoms with Crippen molar-refractivity contribution in [2.24, 2.45) is 5.41 Å². The predicted molar refractivity (Wildman–Crippen MR) is 117 cm³/mol. The number of aryl methyl sites for hydroxylation is 2. The topological polar surface area (TPSA) is 91.6 Å². The molecule has 1 aromatic heterocycles. The number of fused-ring (bicyclic) bond motifs is 1. The average molecular weight is 424 g/mol. The van der Waals surface area contributed by atoms with Gasteiger partial charge >= 0.3 is 0 Å². The van der Waals surface area contributed by atoms with Crippen LogP contribution in [0.25, 0.3) is 0 Å². The van der Waals surface area contributed by atoms with E-state index in [-0.39, 0.29) is 35.6 Å². The summed E-state index contributed by atoms with van der Waals surface area (Å²) in [5.41, 5.74) is 2.26. The van der Waals surface area contributed by atoms with Crippen LogP contribution < -0.4 is 10.9 Å². The van der Waals surface area contributed by atoms with E-state index in [1.54, 1.807) is 4.57 Å². The number of hydrogen-bond donors (Lipinski definition) is 2. The molecule has 2 aromatic rings. The number of nitrogens with one attached hydrogen (secondary N) is 1. The summed E-state index contributed by atoms with van der Waals surface area (Å²) in [6.07, 6.45) is 4.80. The Labute approximate surface area is 181 Å². The van der Waals surface area contributed by atoms with Crippen molar-refractivity contribution in [2.45, 2.75) is 45.7 Å². The molecular weight excluding hydrogens is 394 g/mol. The fraction of sp³-hybridized carbons (Fsp3) is 0.458. The van der Waals surface area contributed by atoms with E-state index in [4.69, 9.17) is 5.11 Å². The highest BCUT2D eigenvalue weighted by atomic mass is 16.3. The zero-order valence-electron chi connectivity index (χ0n) is 17.9. The maximum absolute atomic E-state index is 13.2. The number of nitrogens with zero attached hydrogens (tertiary/aromatic N) is 2. The van der Waals surface area contributed by atoms with Crippen molar-refractivity contribution in [3.05, 3.63) is 69.1 Å². The maximum atomic E-state index is 13.2. The minimum Gasteiger partial charge on any atom is -0.395 e. The number of carbonyl (C=O) groups is 2. The van der Waals surface area contributed by atoms with E-state index >= 15 is 0 Å². The number of carbonyl (C=O) groups excluding carboxylic acids is 2. The number of amides is 2. The largest absolute Gasteiger partial charge is 0.395 e. The maximum Gasteiger partial charge on any atom is 0.263 e. The van der Waals surface area contributed by atoms with Gasteiger partial charge in [-0.2, -0.15) is 0 Å². The van der Waals surface area contributed by atoms with Crippen LogP contribution in [0.5, 0.6) is 0 Å². The van der Waals surface area contributed by atoms with Crippen LogP contribution in [0.1, 0.15) is 46.8 Å². The Bertz CT molecular complexity index is 1040. The normalized spacial score (nSPS) is 16.5. The van der Waals surface area contributed by atoms with Crippen LogP contribution in [0.15, 0.2) is 41.3 Å². The Balaban J connectivity index is 1.66. The smallest absolute Gasteiger partial charge is 0.263 e. The second kappa shape index (κ2) is 8.67. The zero-order valence-corrected chi connectivity index (χ0v) is 17.9. The molecule has 1 fully saturated rings. The quantitative estimate of drug-likeness (QED) is 0.706. The fourth-order valence-electron chi connectivity index (χ4n) is 4.22. The van der Waals surface area contributed by atoms with E-state index in [1.807, 2.05) is 48.4 Å². The number of hydrogen-bond acceptors (Lipinski definition) is 4. The third-order valence-electron chi connectivity index (χ3n) is 6.38. The number of aliphatic hydroxyl groups is 1. The Morgan fingerprint density at radius 2 is 1.94 bits per heavy atom. The van der Waals surface area contributed by atoms with Crippen LogP contribution in [0.4, 0.5) is 0 Å². The van der Waals surface area contributed by atoms with Crippen molar-refractivity contribution in [1.82, 2.24) is 14.8 Å². The lowest BCUT2D eigenvalue weighted by Crippen LogP contribution is -2.43. The Morgan fingerprint density at radius 1 is 1.19 bits per heavy atom. The summed E-state index contributed by atoms with van der Waals surface area (Å²) < 4.78 is 1.59. The predicted octanol–water partition coefficient (Wildman–Crippen LogP) is 1.50. The van der Waals surface area contributed by atoms with Gasteiger partial charge in [-0.05, 0) is 42.4 Å². The van der Waals surface area contributed by atoms with E-state index in [2.05, 4.69) is 5.32 Å². The van der Waals surface area contributed by atoms with E-state index in [9.17, 15) is 14.4 Å². The van der Waals surface area contributed by atoms with Gasteiger partial charge in [-0.1, -0.05) is 37.3 Å². The van der Waals surface area contributed by atoms with E-state index in [0.717, 1.165) is 29.5 Å². The van der Waals surface area contributed by atoms with Crippen molar-refractivity contribution in [3.63, 3.8) is 0 Å². The lowest BCUT2D eigenvalue weighted by molar-refractivity contribution is -0.137. The van der Waals surface area contributed by atoms with Crippen molar-refractivity contribution in [2.75, 3.05) is 19.7 Å². The number of aliphatic hydroxyl groups excluding tert-OH is 1. The van der Waals surface area contributed by atoms with Crippen LogP contribution in [0.3, 0.4) is 0 Å². The summed E-state index contributed by atoms with van der Waals surface area (Å²) in [7, 11) is 0. The minimum absolute atomic E-state index is 0.0922. The summed E-state index contributed by atoms with van der Waals surface area (Å²) >= 11 is 0. The molecule has 2 amide bonds. The molecule has 0 bridgehead atoms. The third kappa shape index (κ3) is 4.42. The van der Waals surface area contributed by atoms with Crippen molar-refractivity contribution < 1.29 is 14.7 Å². The summed E-state index contributed by atoms with van der Waals surface area (Å²) in [6.45, 7) is 3.27. The first-order valence-corrected chi connectivity index (χ1v) is 10.9. The molecule has 1 saturated carbocycles. The summed E-state index contributed by atoms with van der Waals surface area (Å²) in [6, 6.07) is 9.88. The molecule has 31 heavy (non-hydrogen) atoms. The second-order valence-electron chi connectivity index (χ2n) is 8.76. The molecule has 0 radical (unpaired) electrons. The van der Waals surface area contributed by atoms with Crippen LogP contribution in [0, 0.1) is 5.41 Å². The zero-order chi connectivity index (χ0) is 22.0. The molecule has 1 aromatic carbocycles. The molecule has 1 aliphatic heterocycles. The standard InChI is InChI=1S/C24H29N3O4/c1-24(9-10-24)23(31)27-13-8-19-18(16-27)15-26(12-7-17-5-3-2-4-6-17)22(30)20(19)21(29)25-11-14-28/h2-6,15,28H,7-14,16H2,1H3,(H,25,29). The highest BCUT2D eigenvalue weighted by Crippen LogP contribution is 2.47. The molecular formula is C24H29N3O4. The van der Waals surface area contributed by atoms with Crippen LogP contribution in [0.2, 0.25) is 0 Å². The monoisotopic (exact) mass is 423 g/mol. The summed E-state index contributed by atoms with van der Waals surface area (Å²) in [4.78, 5) is 40.7. The lowest BCUT2D eigenvalue weighted by atomic mass is 9.94. The third-order valence-corrected chi connectivity index (χ3v) is 6.38. The molecule has 2 aliphatic rings. The van der Waals surface area contributed by atoms with Crippen LogP contribution >= 0.6 is 0 Å². The van der Waals surface area contributed by atoms with Gasteiger partial charge in [0.1, 0.15) is 5.56 Å². The highest BCUT2D eigenvalue weighted by molar-refractivity contribution is 5.96. The van der Waals surface area contributed by atoms with Crippen molar-refractivity contribution >= 4 is 11.8 Å². The van der Waals surface area contributed by atoms with Gasteiger partial charge in [-0.25, -0.2) is 0 Å². The average Bonchev–Trinajstić information content (AvgIpc) is 3.54. The molecule has 0 atom stereocenters. The van der Waals surface area contributed by atoms with E-state index in [1.165, 1.54) is 0 Å². The molecule has 7 heteroatoms. The first-order valence-electron chi connectivity index (χ1n) is 10.9. The molecule has 2 N–H and O–H groups in total. The van der Waals surface area contributed by atoms with E-state index in [0.29, 0.717) is 32.5 Å². The first-order chi connectivity index (χ1) is 14.9. The molecule has 4 rings (SSSR count). The van der Waals surface area contributed by atoms with Crippen molar-refractivity contribution in [1.29, 1.82) is 0 Å². The van der Waals surface area contributed by atoms with Gasteiger partial charge in [0.05, 0.1) is 6.61 Å². The van der Waals surface area contributed by atoms with Gasteiger partial charge in [-0.15, -0.1) is 0 Å². The minimum atomic E-state index is -0.460. The van der Waals surface area contributed by atoms with Gasteiger partial charge in [0.25, 0.3) is 11.5 Å². The first kappa shape index (κ1) is 21.3. The molecule has 0 saturated heterocycles. The molecule has 1 aliphatic carbocycles. The van der Waals surface area contributed by atoms with Crippen molar-refractivity contribution in [3.8, 4) is 0 Å². The Hall–Kier alpha value is -2.93. The second-order valence-corrected chi connectivity index (χ2v) is 8.76. The summed E-state index contributed by atoms with van der Waals surface area (Å²) in [5.74, 6) is -0.301. The summed E-state index contributed by atoms with van der Waals surface area (Å²) in [5, 5.41) is 11.7. The Morgan fingerprint density at radius 3 is 2.61 bits per heavy atom. The van der Waals surface area contributed by atoms with E-state index < -0.39 is 5.91 Å². The SMILES string of the molecule is CC1(C(=O)N2CCc3c(cn(CCc4ccccc4)c(=O)c3C(=O)NCCO)C2)CC1. The van der Waals surface area contributed by atoms with Gasteiger partial charge in [0.15, 0.2) is 0 Å². The number of rotatable bonds is 7. The van der Waals surface area contributed by atoms with Crippen LogP contribution in [-0.2, 0) is 30.7 Å². The molecule has 0 spiro atoms. The fourth-order valence-corrected chi connectivity index (χ4v) is 4.22. The lowest BCUT2D eigenvalue weighted by Gasteiger charge is -2.32. The highest BCUT2D eigenvalue weighted by Gasteiger charge is 2.47.